The van der Waals surface area contributed by atoms with Crippen molar-refractivity contribution >= 4 is 5.78 Å². The van der Waals surface area contributed by atoms with Crippen LogP contribution in [0.1, 0.15) is 32.3 Å². The predicted octanol–water partition coefficient (Wildman–Crippen LogP) is 2.94. The first kappa shape index (κ1) is 17.5. The van der Waals surface area contributed by atoms with Crippen molar-refractivity contribution in [1.29, 1.82) is 0 Å². The largest absolute Gasteiger partial charge is 0.504 e. The van der Waals surface area contributed by atoms with Gasteiger partial charge in [-0.05, 0) is 50.0 Å². The van der Waals surface area contributed by atoms with E-state index in [1.54, 1.807) is 13.2 Å². The van der Waals surface area contributed by atoms with Crippen LogP contribution in [0.25, 0.3) is 0 Å². The number of aromatic hydroxyl groups is 2. The van der Waals surface area contributed by atoms with Gasteiger partial charge in [-0.25, -0.2) is 0 Å². The van der Waals surface area contributed by atoms with Crippen LogP contribution in [-0.4, -0.2) is 35.5 Å². The molecule has 2 N–H and O–H groups in total. The Morgan fingerprint density at radius 2 is 2.13 bits per heavy atom. The fourth-order valence-electron chi connectivity index (χ4n) is 2.99. The number of benzene rings is 1. The zero-order valence-corrected chi connectivity index (χ0v) is 13.8. The van der Waals surface area contributed by atoms with Crippen molar-refractivity contribution in [2.24, 2.45) is 5.92 Å². The first-order valence-electron chi connectivity index (χ1n) is 7.84. The van der Waals surface area contributed by atoms with Gasteiger partial charge < -0.3 is 19.7 Å². The van der Waals surface area contributed by atoms with Crippen molar-refractivity contribution in [1.82, 2.24) is 0 Å². The molecular weight excluding hydrogens is 296 g/mol. The summed E-state index contributed by atoms with van der Waals surface area (Å²) < 4.78 is 11.0. The van der Waals surface area contributed by atoms with Crippen molar-refractivity contribution in [2.75, 3.05) is 7.11 Å². The summed E-state index contributed by atoms with van der Waals surface area (Å²) in [6, 6.07) is 4.64. The summed E-state index contributed by atoms with van der Waals surface area (Å²) in [5, 5.41) is 18.8. The number of carbonyl (C=O) groups excluding carboxylic acids is 1. The number of methoxy groups -OCH3 is 1. The van der Waals surface area contributed by atoms with E-state index >= 15 is 0 Å². The average Bonchev–Trinajstić information content (AvgIpc) is 2.54. The first-order valence-corrected chi connectivity index (χ1v) is 7.84. The molecule has 0 radical (unpaired) electrons. The number of allylic oxidation sites excluding steroid dienone is 1. The molecular formula is C18H24O5. The van der Waals surface area contributed by atoms with Crippen LogP contribution in [0, 0.1) is 5.92 Å². The van der Waals surface area contributed by atoms with E-state index in [9.17, 15) is 15.0 Å². The van der Waals surface area contributed by atoms with Crippen LogP contribution in [0.4, 0.5) is 0 Å². The molecule has 23 heavy (non-hydrogen) atoms. The zero-order valence-electron chi connectivity index (χ0n) is 13.8. The van der Waals surface area contributed by atoms with Crippen molar-refractivity contribution in [3.05, 3.63) is 35.4 Å². The molecule has 1 aliphatic rings. The minimum Gasteiger partial charge on any atom is -0.504 e. The molecule has 0 aromatic heterocycles. The van der Waals surface area contributed by atoms with Crippen LogP contribution in [-0.2, 0) is 20.7 Å². The van der Waals surface area contributed by atoms with Gasteiger partial charge in [0.15, 0.2) is 17.8 Å². The molecule has 1 heterocycles. The summed E-state index contributed by atoms with van der Waals surface area (Å²) >= 11 is 0. The van der Waals surface area contributed by atoms with E-state index in [1.165, 1.54) is 12.1 Å². The number of rotatable bonds is 5. The molecule has 0 bridgehead atoms. The highest BCUT2D eigenvalue weighted by molar-refractivity contribution is 5.84. The lowest BCUT2D eigenvalue weighted by Crippen LogP contribution is -2.38. The summed E-state index contributed by atoms with van der Waals surface area (Å²) in [7, 11) is 1.58. The molecule has 1 aromatic rings. The van der Waals surface area contributed by atoms with Gasteiger partial charge in [0.25, 0.3) is 0 Å². The number of aryl methyl sites for hydroxylation is 1. The number of ketones is 1. The third-order valence-electron chi connectivity index (χ3n) is 4.23. The van der Waals surface area contributed by atoms with Gasteiger partial charge in [-0.2, -0.15) is 0 Å². The van der Waals surface area contributed by atoms with Gasteiger partial charge in [0.2, 0.25) is 0 Å². The molecule has 0 amide bonds. The molecule has 0 saturated carbocycles. The minimum atomic E-state index is -0.463. The van der Waals surface area contributed by atoms with Crippen LogP contribution >= 0.6 is 0 Å². The first-order chi connectivity index (χ1) is 11.0. The molecule has 1 aliphatic heterocycles. The van der Waals surface area contributed by atoms with Crippen LogP contribution in [0.5, 0.6) is 11.5 Å². The highest BCUT2D eigenvalue weighted by Crippen LogP contribution is 2.32. The number of phenols is 2. The zero-order chi connectivity index (χ0) is 17.0. The summed E-state index contributed by atoms with van der Waals surface area (Å²) in [5.74, 6) is -0.372. The minimum absolute atomic E-state index is 0.0321. The van der Waals surface area contributed by atoms with E-state index in [1.807, 2.05) is 19.9 Å². The number of Topliss-reactive ketones (excluding diaryl/α,β-unsaturated/α-hetero) is 1. The summed E-state index contributed by atoms with van der Waals surface area (Å²) in [5.41, 5.74) is 1.70. The Balaban J connectivity index is 2.04. The van der Waals surface area contributed by atoms with Gasteiger partial charge in [0, 0.05) is 19.4 Å². The highest BCUT2D eigenvalue weighted by atomic mass is 16.7. The normalized spacial score (nSPS) is 26.4. The lowest BCUT2D eigenvalue weighted by molar-refractivity contribution is -0.160. The van der Waals surface area contributed by atoms with Crippen LogP contribution in [0.2, 0.25) is 0 Å². The third kappa shape index (κ3) is 4.12. The Morgan fingerprint density at radius 3 is 2.74 bits per heavy atom. The highest BCUT2D eigenvalue weighted by Gasteiger charge is 2.35. The molecule has 1 saturated heterocycles. The molecule has 1 fully saturated rings. The fraction of sp³-hybridized carbons (Fsp3) is 0.500. The van der Waals surface area contributed by atoms with Gasteiger partial charge in [-0.15, -0.1) is 0 Å². The van der Waals surface area contributed by atoms with Gasteiger partial charge >= 0.3 is 0 Å². The smallest absolute Gasteiger partial charge is 0.180 e. The predicted molar refractivity (Wildman–Crippen MR) is 86.3 cm³/mol. The Kier molecular flexibility index (Phi) is 5.80. The molecule has 0 aliphatic carbocycles. The monoisotopic (exact) mass is 320 g/mol. The van der Waals surface area contributed by atoms with Crippen LogP contribution < -0.4 is 0 Å². The summed E-state index contributed by atoms with van der Waals surface area (Å²) in [6.07, 6.45) is 2.95. The number of carbonyl (C=O) groups is 1. The molecule has 3 atom stereocenters. The second kappa shape index (κ2) is 7.62. The second-order valence-electron chi connectivity index (χ2n) is 5.88. The maximum atomic E-state index is 12.6. The van der Waals surface area contributed by atoms with Gasteiger partial charge in [0.1, 0.15) is 5.78 Å². The molecule has 0 unspecified atom stereocenters. The Bertz CT molecular complexity index is 593. The summed E-state index contributed by atoms with van der Waals surface area (Å²) in [4.78, 5) is 12.6. The quantitative estimate of drug-likeness (QED) is 0.644. The molecule has 2 rings (SSSR count). The van der Waals surface area contributed by atoms with Crippen LogP contribution in [0.3, 0.4) is 0 Å². The molecule has 1 aromatic carbocycles. The van der Waals surface area contributed by atoms with E-state index in [-0.39, 0.29) is 29.3 Å². The topological polar surface area (TPSA) is 76.0 Å². The summed E-state index contributed by atoms with van der Waals surface area (Å²) in [6.45, 7) is 3.83. The van der Waals surface area contributed by atoms with E-state index in [2.05, 4.69) is 0 Å². The van der Waals surface area contributed by atoms with Gasteiger partial charge in [-0.1, -0.05) is 12.1 Å². The fourth-order valence-corrected chi connectivity index (χ4v) is 2.99. The SMILES string of the molecule is C/C=C1/[C@@H](OC)O[C@H](C)C[C@@H]1C(=O)CCc1ccc(O)c(O)c1. The van der Waals surface area contributed by atoms with Crippen molar-refractivity contribution < 1.29 is 24.5 Å². The lowest BCUT2D eigenvalue weighted by Gasteiger charge is -2.35. The van der Waals surface area contributed by atoms with Crippen molar-refractivity contribution in [3.63, 3.8) is 0 Å². The van der Waals surface area contributed by atoms with Crippen molar-refractivity contribution in [2.45, 2.75) is 45.5 Å². The average molecular weight is 320 g/mol. The standard InChI is InChI=1S/C18H24O5/c1-4-13-14(9-11(2)23-18(13)22-3)15(19)7-5-12-6-8-16(20)17(21)10-12/h4,6,8,10-11,14,18,20-21H,5,7,9H2,1-3H3/b13-4+/t11-,14+,18+/m1/s1. The van der Waals surface area contributed by atoms with Gasteiger partial charge in [0.05, 0.1) is 6.10 Å². The number of hydrogen-bond donors (Lipinski definition) is 2. The van der Waals surface area contributed by atoms with E-state index in [0.29, 0.717) is 19.3 Å². The Morgan fingerprint density at radius 1 is 1.39 bits per heavy atom. The molecule has 126 valence electrons. The maximum absolute atomic E-state index is 12.6. The molecule has 5 heteroatoms. The molecule has 0 spiro atoms. The van der Waals surface area contributed by atoms with Gasteiger partial charge in [-0.3, -0.25) is 4.79 Å². The van der Waals surface area contributed by atoms with Crippen LogP contribution in [0.15, 0.2) is 29.8 Å². The van der Waals surface area contributed by atoms with E-state index < -0.39 is 6.29 Å². The third-order valence-corrected chi connectivity index (χ3v) is 4.23. The Labute approximate surface area is 136 Å². The number of phenolic OH excluding ortho intramolecular Hbond substituents is 2. The van der Waals surface area contributed by atoms with E-state index in [0.717, 1.165) is 11.1 Å². The lowest BCUT2D eigenvalue weighted by atomic mass is 9.84. The Hall–Kier alpha value is -1.85. The number of ether oxygens (including phenoxy) is 2. The number of hydrogen-bond acceptors (Lipinski definition) is 5. The molecule has 5 nitrogen and oxygen atoms in total. The second-order valence-corrected chi connectivity index (χ2v) is 5.88. The van der Waals surface area contributed by atoms with Crippen molar-refractivity contribution in [3.8, 4) is 11.5 Å². The van der Waals surface area contributed by atoms with E-state index in [4.69, 9.17) is 9.47 Å². The maximum Gasteiger partial charge on any atom is 0.180 e.